The Morgan fingerprint density at radius 3 is 2.24 bits per heavy atom. The number of likely N-dealkylation sites (tertiary alicyclic amines) is 1. The van der Waals surface area contributed by atoms with Crippen LogP contribution in [0, 0.1) is 0 Å². The molecule has 1 rings (SSSR count). The Balaban J connectivity index is 2.50. The van der Waals surface area contributed by atoms with E-state index in [9.17, 15) is 0 Å². The monoisotopic (exact) mass is 240 g/mol. The minimum absolute atomic E-state index is 0.228. The van der Waals surface area contributed by atoms with Crippen molar-refractivity contribution >= 4 is 0 Å². The predicted octanol–water partition coefficient (Wildman–Crippen LogP) is 3.41. The molecule has 0 aromatic heterocycles. The minimum Gasteiger partial charge on any atom is -0.310 e. The molecule has 1 saturated heterocycles. The largest absolute Gasteiger partial charge is 0.310 e. The molecule has 3 unspecified atom stereocenters. The highest BCUT2D eigenvalue weighted by Crippen LogP contribution is 2.29. The van der Waals surface area contributed by atoms with E-state index < -0.39 is 0 Å². The summed E-state index contributed by atoms with van der Waals surface area (Å²) in [6, 6.07) is 2.82. The van der Waals surface area contributed by atoms with E-state index in [1.807, 2.05) is 0 Å². The van der Waals surface area contributed by atoms with E-state index in [1.54, 1.807) is 0 Å². The summed E-state index contributed by atoms with van der Waals surface area (Å²) in [5.74, 6) is 0. The van der Waals surface area contributed by atoms with Gasteiger partial charge in [0.1, 0.15) is 0 Å². The van der Waals surface area contributed by atoms with Crippen LogP contribution < -0.4 is 5.32 Å². The zero-order chi connectivity index (χ0) is 13.2. The average Bonchev–Trinajstić information content (AvgIpc) is 2.42. The molecule has 0 radical (unpaired) electrons. The van der Waals surface area contributed by atoms with Gasteiger partial charge >= 0.3 is 0 Å². The molecule has 0 aromatic rings. The zero-order valence-electron chi connectivity index (χ0n) is 12.9. The molecule has 1 heterocycles. The van der Waals surface area contributed by atoms with Gasteiger partial charge in [-0.2, -0.15) is 0 Å². The molecule has 0 bridgehead atoms. The molecule has 0 aromatic carbocycles. The van der Waals surface area contributed by atoms with E-state index in [4.69, 9.17) is 0 Å². The summed E-state index contributed by atoms with van der Waals surface area (Å²) in [5, 5.41) is 3.69. The number of nitrogens with zero attached hydrogens (tertiary/aromatic N) is 1. The molecular weight excluding hydrogens is 208 g/mol. The minimum atomic E-state index is 0.228. The SMILES string of the molecule is CC(CC1CCC(C)N1C(C)C)NC(C)(C)C. The smallest absolute Gasteiger partial charge is 0.0116 e. The Morgan fingerprint density at radius 2 is 1.76 bits per heavy atom. The Morgan fingerprint density at radius 1 is 1.18 bits per heavy atom. The third kappa shape index (κ3) is 4.59. The lowest BCUT2D eigenvalue weighted by Gasteiger charge is -2.35. The molecular formula is C15H32N2. The maximum absolute atomic E-state index is 3.69. The third-order valence-electron chi connectivity index (χ3n) is 3.75. The van der Waals surface area contributed by atoms with Gasteiger partial charge in [-0.15, -0.1) is 0 Å². The number of hydrogen-bond acceptors (Lipinski definition) is 2. The van der Waals surface area contributed by atoms with Gasteiger partial charge in [-0.25, -0.2) is 0 Å². The molecule has 1 aliphatic rings. The molecule has 2 heteroatoms. The van der Waals surface area contributed by atoms with Gasteiger partial charge in [-0.1, -0.05) is 0 Å². The molecule has 102 valence electrons. The van der Waals surface area contributed by atoms with Crippen LogP contribution in [0.3, 0.4) is 0 Å². The normalized spacial score (nSPS) is 28.9. The Hall–Kier alpha value is -0.0800. The Bertz CT molecular complexity index is 230. The molecule has 17 heavy (non-hydrogen) atoms. The van der Waals surface area contributed by atoms with E-state index in [0.717, 1.165) is 12.1 Å². The molecule has 3 atom stereocenters. The van der Waals surface area contributed by atoms with Gasteiger partial charge in [0.2, 0.25) is 0 Å². The van der Waals surface area contributed by atoms with E-state index >= 15 is 0 Å². The molecule has 0 spiro atoms. The van der Waals surface area contributed by atoms with Crippen LogP contribution in [-0.4, -0.2) is 34.6 Å². The van der Waals surface area contributed by atoms with E-state index in [-0.39, 0.29) is 5.54 Å². The molecule has 0 amide bonds. The maximum atomic E-state index is 3.69. The van der Waals surface area contributed by atoms with Crippen LogP contribution in [-0.2, 0) is 0 Å². The van der Waals surface area contributed by atoms with Crippen LogP contribution >= 0.6 is 0 Å². The average molecular weight is 240 g/mol. The van der Waals surface area contributed by atoms with Gasteiger partial charge in [0.05, 0.1) is 0 Å². The molecule has 1 N–H and O–H groups in total. The summed E-state index contributed by atoms with van der Waals surface area (Å²) in [6.07, 6.45) is 4.01. The lowest BCUT2D eigenvalue weighted by Crippen LogP contribution is -2.47. The Labute approximate surface area is 108 Å². The fraction of sp³-hybridized carbons (Fsp3) is 1.00. The van der Waals surface area contributed by atoms with Crippen molar-refractivity contribution in [1.29, 1.82) is 0 Å². The first-order valence-electron chi connectivity index (χ1n) is 7.26. The van der Waals surface area contributed by atoms with Crippen molar-refractivity contribution in [3.8, 4) is 0 Å². The van der Waals surface area contributed by atoms with Gasteiger partial charge in [0.15, 0.2) is 0 Å². The topological polar surface area (TPSA) is 15.3 Å². The lowest BCUT2D eigenvalue weighted by atomic mass is 10.0. The molecule has 1 fully saturated rings. The van der Waals surface area contributed by atoms with Crippen molar-refractivity contribution in [3.63, 3.8) is 0 Å². The number of hydrogen-bond donors (Lipinski definition) is 1. The van der Waals surface area contributed by atoms with E-state index in [1.165, 1.54) is 19.3 Å². The maximum Gasteiger partial charge on any atom is 0.0116 e. The second kappa shape index (κ2) is 5.71. The molecule has 1 aliphatic heterocycles. The first-order valence-corrected chi connectivity index (χ1v) is 7.26. The first-order chi connectivity index (χ1) is 7.70. The van der Waals surface area contributed by atoms with Gasteiger partial charge < -0.3 is 5.32 Å². The second-order valence-corrected chi connectivity index (χ2v) is 7.15. The van der Waals surface area contributed by atoms with Gasteiger partial charge in [0.25, 0.3) is 0 Å². The van der Waals surface area contributed by atoms with Crippen LogP contribution in [0.1, 0.15) is 67.7 Å². The van der Waals surface area contributed by atoms with Crippen molar-refractivity contribution in [2.24, 2.45) is 0 Å². The highest BCUT2D eigenvalue weighted by atomic mass is 15.2. The number of nitrogens with one attached hydrogen (secondary N) is 1. The van der Waals surface area contributed by atoms with Gasteiger partial charge in [-0.05, 0) is 67.7 Å². The quantitative estimate of drug-likeness (QED) is 0.810. The molecule has 0 saturated carbocycles. The van der Waals surface area contributed by atoms with E-state index in [2.05, 4.69) is 58.7 Å². The molecule has 0 aliphatic carbocycles. The zero-order valence-corrected chi connectivity index (χ0v) is 12.9. The van der Waals surface area contributed by atoms with Crippen LogP contribution in [0.15, 0.2) is 0 Å². The summed E-state index contributed by atoms with van der Waals surface area (Å²) < 4.78 is 0. The molecule has 2 nitrogen and oxygen atoms in total. The fourth-order valence-corrected chi connectivity index (χ4v) is 3.47. The summed E-state index contributed by atoms with van der Waals surface area (Å²) in [7, 11) is 0. The fourth-order valence-electron chi connectivity index (χ4n) is 3.47. The summed E-state index contributed by atoms with van der Waals surface area (Å²) in [5.41, 5.74) is 0.228. The van der Waals surface area contributed by atoms with Crippen molar-refractivity contribution in [2.45, 2.75) is 97.4 Å². The lowest BCUT2D eigenvalue weighted by molar-refractivity contribution is 0.140. The predicted molar refractivity (Wildman–Crippen MR) is 76.4 cm³/mol. The summed E-state index contributed by atoms with van der Waals surface area (Å²) >= 11 is 0. The summed E-state index contributed by atoms with van der Waals surface area (Å²) in [4.78, 5) is 2.71. The second-order valence-electron chi connectivity index (χ2n) is 7.15. The van der Waals surface area contributed by atoms with Crippen LogP contribution in [0.25, 0.3) is 0 Å². The van der Waals surface area contributed by atoms with Crippen molar-refractivity contribution in [3.05, 3.63) is 0 Å². The first kappa shape index (κ1) is 15.0. The third-order valence-corrected chi connectivity index (χ3v) is 3.75. The van der Waals surface area contributed by atoms with Gasteiger partial charge in [-0.3, -0.25) is 4.90 Å². The van der Waals surface area contributed by atoms with Crippen LogP contribution in [0.4, 0.5) is 0 Å². The standard InChI is InChI=1S/C15H32N2/c1-11(2)17-13(4)8-9-14(17)10-12(3)16-15(5,6)7/h11-14,16H,8-10H2,1-7H3. The van der Waals surface area contributed by atoms with Crippen LogP contribution in [0.2, 0.25) is 0 Å². The van der Waals surface area contributed by atoms with Crippen molar-refractivity contribution in [2.75, 3.05) is 0 Å². The van der Waals surface area contributed by atoms with E-state index in [0.29, 0.717) is 12.1 Å². The number of rotatable bonds is 4. The van der Waals surface area contributed by atoms with Crippen molar-refractivity contribution < 1.29 is 0 Å². The van der Waals surface area contributed by atoms with Crippen LogP contribution in [0.5, 0.6) is 0 Å². The summed E-state index contributed by atoms with van der Waals surface area (Å²) in [6.45, 7) is 16.1. The Kier molecular flexibility index (Phi) is 5.03. The van der Waals surface area contributed by atoms with Crippen molar-refractivity contribution in [1.82, 2.24) is 10.2 Å². The highest BCUT2D eigenvalue weighted by molar-refractivity contribution is 4.90. The highest BCUT2D eigenvalue weighted by Gasteiger charge is 2.33. The van der Waals surface area contributed by atoms with Gasteiger partial charge in [0, 0.05) is 29.7 Å².